The number of nitrogens with one attached hydrogen (secondary N) is 2. The van der Waals surface area contributed by atoms with Crippen LogP contribution in [0.1, 0.15) is 6.92 Å². The molecule has 7 nitrogen and oxygen atoms in total. The lowest BCUT2D eigenvalue weighted by Gasteiger charge is -2.23. The van der Waals surface area contributed by atoms with E-state index >= 15 is 0 Å². The number of nitrogens with zero attached hydrogens (tertiary/aromatic N) is 2. The minimum atomic E-state index is -0.721. The van der Waals surface area contributed by atoms with Crippen molar-refractivity contribution in [2.75, 3.05) is 23.3 Å². The average Bonchev–Trinajstić information content (AvgIpc) is 2.50. The van der Waals surface area contributed by atoms with Gasteiger partial charge in [0.05, 0.1) is 12.2 Å². The standard InChI is InChI=1S/C12H15BN4O3/c1-7(18)6-17-9-3-2-4-14-10(9)15-5-8(11(17)19)16-12(13)20/h2-4,8H,5-6,13H2,1H3,(H,14,15)(H,16,20)/t8-/m0/s1. The maximum atomic E-state index is 12.5. The quantitative estimate of drug-likeness (QED) is 0.700. The summed E-state index contributed by atoms with van der Waals surface area (Å²) in [7, 11) is 1.35. The predicted octanol–water partition coefficient (Wildman–Crippen LogP) is -0.860. The Balaban J connectivity index is 2.37. The molecule has 0 saturated heterocycles. The van der Waals surface area contributed by atoms with Crippen molar-refractivity contribution >= 4 is 36.8 Å². The number of carbonyl (C=O) groups excluding carboxylic acids is 3. The molecule has 0 bridgehead atoms. The van der Waals surface area contributed by atoms with E-state index in [2.05, 4.69) is 15.6 Å². The summed E-state index contributed by atoms with van der Waals surface area (Å²) in [5, 5.41) is 5.59. The van der Waals surface area contributed by atoms with Crippen LogP contribution in [0.25, 0.3) is 0 Å². The largest absolute Gasteiger partial charge is 0.366 e. The first kappa shape index (κ1) is 14.0. The van der Waals surface area contributed by atoms with Crippen LogP contribution in [0.4, 0.5) is 16.3 Å². The molecule has 1 aliphatic heterocycles. The van der Waals surface area contributed by atoms with Gasteiger partial charge in [-0.2, -0.15) is 0 Å². The number of hydrogen-bond donors (Lipinski definition) is 2. The second-order valence-corrected chi connectivity index (χ2v) is 4.63. The minimum Gasteiger partial charge on any atom is -0.366 e. The summed E-state index contributed by atoms with van der Waals surface area (Å²) in [6.45, 7) is 1.60. The summed E-state index contributed by atoms with van der Waals surface area (Å²) in [6, 6.07) is 2.69. The Kier molecular flexibility index (Phi) is 4.02. The molecule has 8 heteroatoms. The Morgan fingerprint density at radius 1 is 1.60 bits per heavy atom. The summed E-state index contributed by atoms with van der Waals surface area (Å²) >= 11 is 0. The molecule has 0 spiro atoms. The van der Waals surface area contributed by atoms with Gasteiger partial charge < -0.3 is 10.6 Å². The van der Waals surface area contributed by atoms with E-state index < -0.39 is 6.04 Å². The Labute approximate surface area is 117 Å². The van der Waals surface area contributed by atoms with E-state index in [9.17, 15) is 14.4 Å². The topological polar surface area (TPSA) is 91.4 Å². The molecule has 0 radical (unpaired) electrons. The highest BCUT2D eigenvalue weighted by atomic mass is 16.2. The maximum Gasteiger partial charge on any atom is 0.251 e. The Hall–Kier alpha value is -2.38. The first-order valence-electron chi connectivity index (χ1n) is 6.26. The van der Waals surface area contributed by atoms with Gasteiger partial charge in [-0.3, -0.25) is 19.3 Å². The molecule has 1 atom stereocenters. The molecular weight excluding hydrogens is 259 g/mol. The first-order valence-corrected chi connectivity index (χ1v) is 6.26. The van der Waals surface area contributed by atoms with Crippen LogP contribution < -0.4 is 15.5 Å². The van der Waals surface area contributed by atoms with Crippen molar-refractivity contribution < 1.29 is 14.4 Å². The van der Waals surface area contributed by atoms with Gasteiger partial charge in [0.15, 0.2) is 5.81 Å². The van der Waals surface area contributed by atoms with Crippen molar-refractivity contribution in [3.8, 4) is 0 Å². The molecule has 0 fully saturated rings. The second kappa shape index (κ2) is 5.73. The number of pyridine rings is 1. The molecule has 20 heavy (non-hydrogen) atoms. The summed E-state index contributed by atoms with van der Waals surface area (Å²) in [4.78, 5) is 40.5. The van der Waals surface area contributed by atoms with E-state index in [1.807, 2.05) is 0 Å². The van der Waals surface area contributed by atoms with Crippen molar-refractivity contribution in [2.24, 2.45) is 0 Å². The Bertz CT molecular complexity index is 563. The van der Waals surface area contributed by atoms with Crippen LogP contribution in [0, 0.1) is 0 Å². The minimum absolute atomic E-state index is 0.0463. The molecule has 1 aromatic rings. The zero-order valence-corrected chi connectivity index (χ0v) is 11.3. The second-order valence-electron chi connectivity index (χ2n) is 4.63. The molecule has 0 unspecified atom stereocenters. The molecular formula is C12H15BN4O3. The molecule has 0 aliphatic carbocycles. The lowest BCUT2D eigenvalue weighted by atomic mass is 10.1. The number of Topliss-reactive ketones (excluding diaryl/α,β-unsaturated/α-hetero) is 1. The number of ketones is 1. The number of fused-ring (bicyclic) bond motifs is 1. The molecule has 2 amide bonds. The van der Waals surface area contributed by atoms with E-state index in [0.29, 0.717) is 11.5 Å². The number of hydrogen-bond acceptors (Lipinski definition) is 5. The third kappa shape index (κ3) is 2.96. The van der Waals surface area contributed by atoms with E-state index in [0.717, 1.165) is 0 Å². The van der Waals surface area contributed by atoms with E-state index in [1.54, 1.807) is 18.3 Å². The highest BCUT2D eigenvalue weighted by Gasteiger charge is 2.31. The molecule has 1 aromatic heterocycles. The number of anilines is 2. The van der Waals surface area contributed by atoms with Crippen LogP contribution in [-0.4, -0.2) is 49.5 Å². The number of carbonyl (C=O) groups is 3. The SMILES string of the molecule is BC(=O)N[C@H]1CNc2ncccc2N(CC(C)=O)C1=O. The van der Waals surface area contributed by atoms with Crippen LogP contribution in [0.5, 0.6) is 0 Å². The van der Waals surface area contributed by atoms with Gasteiger partial charge >= 0.3 is 0 Å². The summed E-state index contributed by atoms with van der Waals surface area (Å²) in [6.07, 6.45) is 1.60. The molecule has 2 rings (SSSR count). The molecule has 0 aromatic carbocycles. The number of aromatic nitrogens is 1. The smallest absolute Gasteiger partial charge is 0.251 e. The predicted molar refractivity (Wildman–Crippen MR) is 76.6 cm³/mol. The Morgan fingerprint density at radius 3 is 3.00 bits per heavy atom. The lowest BCUT2D eigenvalue weighted by molar-refractivity contribution is -0.122. The normalized spacial score (nSPS) is 17.8. The van der Waals surface area contributed by atoms with Crippen LogP contribution in [-0.2, 0) is 9.59 Å². The van der Waals surface area contributed by atoms with Gasteiger partial charge in [-0.05, 0) is 19.1 Å². The van der Waals surface area contributed by atoms with Gasteiger partial charge in [0, 0.05) is 12.7 Å². The van der Waals surface area contributed by atoms with Crippen molar-refractivity contribution in [1.29, 1.82) is 0 Å². The highest BCUT2D eigenvalue weighted by molar-refractivity contribution is 6.57. The fourth-order valence-corrected chi connectivity index (χ4v) is 2.09. The summed E-state index contributed by atoms with van der Waals surface area (Å²) < 4.78 is 0. The van der Waals surface area contributed by atoms with E-state index in [-0.39, 0.29) is 30.6 Å². The van der Waals surface area contributed by atoms with Gasteiger partial charge in [-0.1, -0.05) is 0 Å². The molecule has 2 heterocycles. The summed E-state index contributed by atoms with van der Waals surface area (Å²) in [5.41, 5.74) is 0.542. The molecule has 2 N–H and O–H groups in total. The van der Waals surface area contributed by atoms with E-state index in [4.69, 9.17) is 0 Å². The molecule has 1 aliphatic rings. The van der Waals surface area contributed by atoms with Crippen molar-refractivity contribution in [2.45, 2.75) is 13.0 Å². The fourth-order valence-electron chi connectivity index (χ4n) is 2.09. The monoisotopic (exact) mass is 274 g/mol. The van der Waals surface area contributed by atoms with Crippen molar-refractivity contribution in [1.82, 2.24) is 10.3 Å². The maximum absolute atomic E-state index is 12.5. The summed E-state index contributed by atoms with van der Waals surface area (Å²) in [5.74, 6) is -0.243. The van der Waals surface area contributed by atoms with Crippen molar-refractivity contribution in [3.63, 3.8) is 0 Å². The molecule has 104 valence electrons. The van der Waals surface area contributed by atoms with Crippen molar-refractivity contribution in [3.05, 3.63) is 18.3 Å². The zero-order valence-electron chi connectivity index (χ0n) is 11.3. The number of rotatable bonds is 3. The average molecular weight is 274 g/mol. The van der Waals surface area contributed by atoms with Gasteiger partial charge in [0.2, 0.25) is 7.85 Å². The zero-order chi connectivity index (χ0) is 14.7. The molecule has 0 saturated carbocycles. The van der Waals surface area contributed by atoms with Gasteiger partial charge in [0.1, 0.15) is 17.6 Å². The van der Waals surface area contributed by atoms with Gasteiger partial charge in [-0.25, -0.2) is 4.98 Å². The lowest BCUT2D eigenvalue weighted by Crippen LogP contribution is -2.51. The van der Waals surface area contributed by atoms with Crippen LogP contribution in [0.15, 0.2) is 18.3 Å². The van der Waals surface area contributed by atoms with Gasteiger partial charge in [0.25, 0.3) is 5.91 Å². The Morgan fingerprint density at radius 2 is 2.35 bits per heavy atom. The number of amides is 2. The highest BCUT2D eigenvalue weighted by Crippen LogP contribution is 2.26. The third-order valence-electron chi connectivity index (χ3n) is 2.87. The fraction of sp³-hybridized carbons (Fsp3) is 0.333. The van der Waals surface area contributed by atoms with Crippen LogP contribution >= 0.6 is 0 Å². The van der Waals surface area contributed by atoms with Crippen LogP contribution in [0.2, 0.25) is 0 Å². The van der Waals surface area contributed by atoms with Gasteiger partial charge in [-0.15, -0.1) is 0 Å². The van der Waals surface area contributed by atoms with Crippen LogP contribution in [0.3, 0.4) is 0 Å². The first-order chi connectivity index (χ1) is 9.49. The third-order valence-corrected chi connectivity index (χ3v) is 2.87. The van der Waals surface area contributed by atoms with E-state index in [1.165, 1.54) is 19.7 Å².